The second-order valence-electron chi connectivity index (χ2n) is 6.14. The Morgan fingerprint density at radius 3 is 2.27 bits per heavy atom. The summed E-state index contributed by atoms with van der Waals surface area (Å²) in [6.45, 7) is 0. The first-order valence-corrected chi connectivity index (χ1v) is 7.52. The van der Waals surface area contributed by atoms with Crippen LogP contribution in [0.1, 0.15) is 31.2 Å². The van der Waals surface area contributed by atoms with Crippen molar-refractivity contribution in [3.05, 3.63) is 29.8 Å². The van der Waals surface area contributed by atoms with Crippen LogP contribution in [0.5, 0.6) is 5.75 Å². The standard InChI is InChI=1S/C16H18F3NO2/c17-16(18,19)22-14-5-1-10(2-6-14)7-15(21)11-8-12-3-4-13(9-11)20-12/h1-2,5-6,11-13,20H,3-4,7-9H2. The van der Waals surface area contributed by atoms with Crippen molar-refractivity contribution in [3.8, 4) is 5.75 Å². The number of benzene rings is 1. The number of ketones is 1. The van der Waals surface area contributed by atoms with E-state index >= 15 is 0 Å². The maximum absolute atomic E-state index is 12.4. The number of ether oxygens (including phenoxy) is 1. The highest BCUT2D eigenvalue weighted by Crippen LogP contribution is 2.32. The Hall–Kier alpha value is -1.56. The predicted octanol–water partition coefficient (Wildman–Crippen LogP) is 3.23. The third-order valence-corrected chi connectivity index (χ3v) is 4.46. The van der Waals surface area contributed by atoms with Crippen molar-refractivity contribution in [2.24, 2.45) is 5.92 Å². The Kier molecular flexibility index (Phi) is 4.12. The molecule has 2 heterocycles. The van der Waals surface area contributed by atoms with Gasteiger partial charge in [-0.1, -0.05) is 12.1 Å². The van der Waals surface area contributed by atoms with Gasteiger partial charge >= 0.3 is 6.36 Å². The van der Waals surface area contributed by atoms with Gasteiger partial charge in [0.1, 0.15) is 11.5 Å². The molecule has 0 radical (unpaired) electrons. The Morgan fingerprint density at radius 1 is 1.14 bits per heavy atom. The molecule has 120 valence electrons. The average Bonchev–Trinajstić information content (AvgIpc) is 2.78. The molecule has 0 amide bonds. The van der Waals surface area contributed by atoms with E-state index in [1.165, 1.54) is 24.3 Å². The highest BCUT2D eigenvalue weighted by Gasteiger charge is 2.36. The summed E-state index contributed by atoms with van der Waals surface area (Å²) in [7, 11) is 0. The molecular formula is C16H18F3NO2. The van der Waals surface area contributed by atoms with E-state index in [0.717, 1.165) is 31.2 Å². The number of hydrogen-bond acceptors (Lipinski definition) is 3. The third-order valence-electron chi connectivity index (χ3n) is 4.46. The van der Waals surface area contributed by atoms with E-state index in [2.05, 4.69) is 10.1 Å². The number of nitrogens with one attached hydrogen (secondary N) is 1. The van der Waals surface area contributed by atoms with Crippen LogP contribution in [0, 0.1) is 5.92 Å². The van der Waals surface area contributed by atoms with E-state index in [-0.39, 0.29) is 23.9 Å². The molecule has 2 fully saturated rings. The van der Waals surface area contributed by atoms with Gasteiger partial charge in [-0.3, -0.25) is 4.79 Å². The fraction of sp³-hybridized carbons (Fsp3) is 0.562. The number of hydrogen-bond donors (Lipinski definition) is 1. The van der Waals surface area contributed by atoms with Crippen LogP contribution < -0.4 is 10.1 Å². The monoisotopic (exact) mass is 313 g/mol. The van der Waals surface area contributed by atoms with Gasteiger partial charge in [-0.05, 0) is 43.4 Å². The van der Waals surface area contributed by atoms with Crippen LogP contribution in [-0.4, -0.2) is 24.2 Å². The van der Waals surface area contributed by atoms with E-state index in [1.807, 2.05) is 0 Å². The average molecular weight is 313 g/mol. The van der Waals surface area contributed by atoms with Gasteiger partial charge in [0, 0.05) is 24.4 Å². The molecule has 1 N–H and O–H groups in total. The molecule has 2 saturated heterocycles. The molecule has 2 aliphatic rings. The number of halogens is 3. The van der Waals surface area contributed by atoms with Gasteiger partial charge in [0.25, 0.3) is 0 Å². The predicted molar refractivity (Wildman–Crippen MR) is 74.5 cm³/mol. The normalized spacial score (nSPS) is 27.7. The molecule has 22 heavy (non-hydrogen) atoms. The molecule has 3 nitrogen and oxygen atoms in total. The van der Waals surface area contributed by atoms with Gasteiger partial charge in [-0.25, -0.2) is 0 Å². The van der Waals surface area contributed by atoms with E-state index in [9.17, 15) is 18.0 Å². The number of rotatable bonds is 4. The molecule has 1 aromatic carbocycles. The summed E-state index contributed by atoms with van der Waals surface area (Å²) in [5.74, 6) is -0.00338. The first-order valence-electron chi connectivity index (χ1n) is 7.52. The van der Waals surface area contributed by atoms with Crippen LogP contribution in [0.4, 0.5) is 13.2 Å². The summed E-state index contributed by atoms with van der Waals surface area (Å²) >= 11 is 0. The summed E-state index contributed by atoms with van der Waals surface area (Å²) in [6, 6.07) is 6.46. The molecule has 2 bridgehead atoms. The number of piperidine rings is 1. The lowest BCUT2D eigenvalue weighted by Crippen LogP contribution is -2.40. The summed E-state index contributed by atoms with van der Waals surface area (Å²) in [5.41, 5.74) is 0.727. The molecule has 0 aliphatic carbocycles. The smallest absolute Gasteiger partial charge is 0.406 e. The van der Waals surface area contributed by atoms with Gasteiger partial charge < -0.3 is 10.1 Å². The highest BCUT2D eigenvalue weighted by atomic mass is 19.4. The summed E-state index contributed by atoms with van der Waals surface area (Å²) in [5, 5.41) is 3.49. The summed E-state index contributed by atoms with van der Waals surface area (Å²) in [6.07, 6.45) is -0.382. The molecule has 6 heteroatoms. The van der Waals surface area contributed by atoms with E-state index in [4.69, 9.17) is 0 Å². The fourth-order valence-corrected chi connectivity index (χ4v) is 3.47. The second kappa shape index (κ2) is 5.91. The zero-order valence-electron chi connectivity index (χ0n) is 12.0. The molecule has 1 aromatic rings. The highest BCUT2D eigenvalue weighted by molar-refractivity contribution is 5.83. The lowest BCUT2D eigenvalue weighted by Gasteiger charge is -2.28. The molecule has 3 rings (SSSR count). The summed E-state index contributed by atoms with van der Waals surface area (Å²) < 4.78 is 40.1. The number of fused-ring (bicyclic) bond motifs is 2. The van der Waals surface area contributed by atoms with Crippen LogP contribution in [0.2, 0.25) is 0 Å². The maximum Gasteiger partial charge on any atom is 0.573 e. The van der Waals surface area contributed by atoms with Crippen molar-refractivity contribution in [3.63, 3.8) is 0 Å². The van der Waals surface area contributed by atoms with Crippen molar-refractivity contribution in [1.82, 2.24) is 5.32 Å². The molecule has 2 aliphatic heterocycles. The Balaban J connectivity index is 1.57. The van der Waals surface area contributed by atoms with Crippen molar-refractivity contribution in [2.45, 2.75) is 50.6 Å². The molecule has 0 saturated carbocycles. The van der Waals surface area contributed by atoms with Crippen molar-refractivity contribution in [2.75, 3.05) is 0 Å². The Morgan fingerprint density at radius 2 is 1.73 bits per heavy atom. The minimum atomic E-state index is -4.69. The van der Waals surface area contributed by atoms with Gasteiger partial charge in [-0.2, -0.15) is 0 Å². The van der Waals surface area contributed by atoms with Crippen LogP contribution in [0.15, 0.2) is 24.3 Å². The number of carbonyl (C=O) groups is 1. The Labute approximate surface area is 126 Å². The first-order chi connectivity index (χ1) is 10.4. The SMILES string of the molecule is O=C(Cc1ccc(OC(F)(F)F)cc1)C1CC2CCC(C1)N2. The van der Waals surface area contributed by atoms with E-state index < -0.39 is 6.36 Å². The largest absolute Gasteiger partial charge is 0.573 e. The zero-order chi connectivity index (χ0) is 15.7. The number of alkyl halides is 3. The second-order valence-corrected chi connectivity index (χ2v) is 6.14. The lowest BCUT2D eigenvalue weighted by molar-refractivity contribution is -0.274. The quantitative estimate of drug-likeness (QED) is 0.927. The molecule has 2 atom stereocenters. The van der Waals surface area contributed by atoms with Crippen molar-refractivity contribution in [1.29, 1.82) is 0 Å². The molecular weight excluding hydrogens is 295 g/mol. The van der Waals surface area contributed by atoms with Crippen LogP contribution in [0.3, 0.4) is 0 Å². The van der Waals surface area contributed by atoms with Gasteiger partial charge in [0.05, 0.1) is 0 Å². The molecule has 0 aromatic heterocycles. The van der Waals surface area contributed by atoms with Gasteiger partial charge in [-0.15, -0.1) is 13.2 Å². The minimum Gasteiger partial charge on any atom is -0.406 e. The minimum absolute atomic E-state index is 0.0739. The van der Waals surface area contributed by atoms with Crippen molar-refractivity contribution < 1.29 is 22.7 Å². The van der Waals surface area contributed by atoms with E-state index in [0.29, 0.717) is 12.1 Å². The molecule has 2 unspecified atom stereocenters. The van der Waals surface area contributed by atoms with Crippen LogP contribution >= 0.6 is 0 Å². The topological polar surface area (TPSA) is 38.3 Å². The lowest BCUT2D eigenvalue weighted by atomic mass is 9.86. The zero-order valence-corrected chi connectivity index (χ0v) is 12.0. The van der Waals surface area contributed by atoms with Gasteiger partial charge in [0.15, 0.2) is 0 Å². The van der Waals surface area contributed by atoms with Gasteiger partial charge in [0.2, 0.25) is 0 Å². The van der Waals surface area contributed by atoms with Crippen molar-refractivity contribution >= 4 is 5.78 Å². The number of carbonyl (C=O) groups excluding carboxylic acids is 1. The van der Waals surface area contributed by atoms with Crippen LogP contribution in [0.25, 0.3) is 0 Å². The van der Waals surface area contributed by atoms with E-state index in [1.54, 1.807) is 0 Å². The Bertz CT molecular complexity index is 529. The third kappa shape index (κ3) is 3.80. The maximum atomic E-state index is 12.4. The fourth-order valence-electron chi connectivity index (χ4n) is 3.47. The number of Topliss-reactive ketones (excluding diaryl/α,β-unsaturated/α-hetero) is 1. The van der Waals surface area contributed by atoms with Crippen LogP contribution in [-0.2, 0) is 11.2 Å². The summed E-state index contributed by atoms with van der Waals surface area (Å²) in [4.78, 5) is 12.4. The molecule has 0 spiro atoms. The first kappa shape index (κ1) is 15.3.